The Labute approximate surface area is 139 Å². The maximum absolute atomic E-state index is 14.3. The summed E-state index contributed by atoms with van der Waals surface area (Å²) in [5.74, 6) is 0.574. The van der Waals surface area contributed by atoms with E-state index in [0.29, 0.717) is 23.8 Å². The third-order valence-corrected chi connectivity index (χ3v) is 5.56. The van der Waals surface area contributed by atoms with Crippen LogP contribution in [0.4, 0.5) is 8.78 Å². The number of fused-ring (bicyclic) bond motifs is 1. The summed E-state index contributed by atoms with van der Waals surface area (Å²) in [4.78, 5) is 0. The predicted octanol–water partition coefficient (Wildman–Crippen LogP) is 5.93. The first-order valence-electron chi connectivity index (χ1n) is 9.13. The van der Waals surface area contributed by atoms with Crippen LogP contribution >= 0.6 is 0 Å². The van der Waals surface area contributed by atoms with Gasteiger partial charge in [0.2, 0.25) is 5.82 Å². The van der Waals surface area contributed by atoms with Crippen molar-refractivity contribution in [2.75, 3.05) is 7.11 Å². The van der Waals surface area contributed by atoms with Crippen molar-refractivity contribution in [1.29, 1.82) is 0 Å². The zero-order valence-corrected chi connectivity index (χ0v) is 14.9. The van der Waals surface area contributed by atoms with Crippen molar-refractivity contribution >= 4 is 0 Å². The molecule has 3 rings (SSSR count). The molecule has 1 atom stereocenters. The fourth-order valence-electron chi connectivity index (χ4n) is 4.15. The van der Waals surface area contributed by atoms with Crippen LogP contribution in [-0.4, -0.2) is 7.11 Å². The Morgan fingerprint density at radius 1 is 0.957 bits per heavy atom. The molecule has 0 N–H and O–H groups in total. The first-order valence-corrected chi connectivity index (χ1v) is 9.13. The van der Waals surface area contributed by atoms with Crippen LogP contribution in [0, 0.1) is 29.4 Å². The van der Waals surface area contributed by atoms with Crippen LogP contribution in [0.15, 0.2) is 6.07 Å². The summed E-state index contributed by atoms with van der Waals surface area (Å²) < 4.78 is 33.1. The average Bonchev–Trinajstić information content (AvgIpc) is 2.60. The summed E-state index contributed by atoms with van der Waals surface area (Å²) in [7, 11) is 1.39. The average molecular weight is 324 g/mol. The lowest BCUT2D eigenvalue weighted by atomic mass is 9.70. The van der Waals surface area contributed by atoms with Gasteiger partial charge in [-0.25, -0.2) is 4.39 Å². The second-order valence-electron chi connectivity index (χ2n) is 6.87. The fraction of sp³-hybridized carbons (Fsp3) is 0.700. The monoisotopic (exact) mass is 324 g/mol. The third-order valence-electron chi connectivity index (χ3n) is 5.56. The number of ether oxygens (including phenoxy) is 1. The van der Waals surface area contributed by atoms with Crippen molar-refractivity contribution in [3.8, 4) is 5.75 Å². The van der Waals surface area contributed by atoms with E-state index in [1.165, 1.54) is 32.8 Å². The van der Waals surface area contributed by atoms with Gasteiger partial charge in [-0.3, -0.25) is 0 Å². The SMILES string of the molecule is CC.COc1cc2c(c(F)c1F)CC(C1CCC(C)CC1)CC2. The molecule has 0 radical (unpaired) electrons. The van der Waals surface area contributed by atoms with Gasteiger partial charge in [0, 0.05) is 0 Å². The highest BCUT2D eigenvalue weighted by molar-refractivity contribution is 5.40. The molecule has 0 aliphatic heterocycles. The summed E-state index contributed by atoms with van der Waals surface area (Å²) in [6.07, 6.45) is 7.71. The minimum Gasteiger partial charge on any atom is -0.494 e. The number of hydrogen-bond acceptors (Lipinski definition) is 1. The molecule has 130 valence electrons. The maximum atomic E-state index is 14.3. The van der Waals surface area contributed by atoms with Gasteiger partial charge in [-0.15, -0.1) is 0 Å². The van der Waals surface area contributed by atoms with Crippen molar-refractivity contribution in [2.24, 2.45) is 17.8 Å². The van der Waals surface area contributed by atoms with Gasteiger partial charge < -0.3 is 4.74 Å². The second-order valence-corrected chi connectivity index (χ2v) is 6.87. The molecule has 3 heteroatoms. The van der Waals surface area contributed by atoms with E-state index < -0.39 is 11.6 Å². The van der Waals surface area contributed by atoms with E-state index in [9.17, 15) is 8.78 Å². The Kier molecular flexibility index (Phi) is 6.43. The van der Waals surface area contributed by atoms with Crippen LogP contribution in [0.3, 0.4) is 0 Å². The number of hydrogen-bond donors (Lipinski definition) is 0. The summed E-state index contributed by atoms with van der Waals surface area (Å²) >= 11 is 0. The molecule has 1 aromatic rings. The molecule has 1 unspecified atom stereocenters. The zero-order valence-electron chi connectivity index (χ0n) is 14.9. The molecule has 0 saturated heterocycles. The van der Waals surface area contributed by atoms with Crippen molar-refractivity contribution in [3.63, 3.8) is 0 Å². The molecule has 2 aliphatic rings. The summed E-state index contributed by atoms with van der Waals surface area (Å²) in [6.45, 7) is 6.31. The van der Waals surface area contributed by atoms with Crippen molar-refractivity contribution in [3.05, 3.63) is 28.8 Å². The maximum Gasteiger partial charge on any atom is 0.200 e. The lowest BCUT2D eigenvalue weighted by Crippen LogP contribution is -2.27. The smallest absolute Gasteiger partial charge is 0.200 e. The van der Waals surface area contributed by atoms with Gasteiger partial charge in [-0.05, 0) is 67.1 Å². The lowest BCUT2D eigenvalue weighted by molar-refractivity contribution is 0.195. The van der Waals surface area contributed by atoms with E-state index >= 15 is 0 Å². The van der Waals surface area contributed by atoms with Gasteiger partial charge in [0.15, 0.2) is 11.6 Å². The molecule has 23 heavy (non-hydrogen) atoms. The van der Waals surface area contributed by atoms with Crippen LogP contribution in [0.1, 0.15) is 64.0 Å². The molecule has 0 amide bonds. The van der Waals surface area contributed by atoms with Gasteiger partial charge in [-0.2, -0.15) is 4.39 Å². The molecule has 1 aromatic carbocycles. The molecule has 0 bridgehead atoms. The minimum absolute atomic E-state index is 0.0381. The fourth-order valence-corrected chi connectivity index (χ4v) is 4.15. The second kappa shape index (κ2) is 8.12. The predicted molar refractivity (Wildman–Crippen MR) is 90.9 cm³/mol. The Hall–Kier alpha value is -1.12. The quantitative estimate of drug-likeness (QED) is 0.655. The first-order chi connectivity index (χ1) is 11.1. The topological polar surface area (TPSA) is 9.23 Å². The van der Waals surface area contributed by atoms with Gasteiger partial charge in [0.1, 0.15) is 0 Å². The van der Waals surface area contributed by atoms with E-state index in [1.54, 1.807) is 6.07 Å². The largest absolute Gasteiger partial charge is 0.494 e. The Bertz CT molecular complexity index is 519. The Morgan fingerprint density at radius 3 is 2.22 bits per heavy atom. The standard InChI is InChI=1S/C18H24F2O.C2H6/c1-11-3-5-12(6-4-11)13-7-8-14-10-16(21-2)18(20)17(19)15(14)9-13;1-2/h10-13H,3-9H2,1-2H3;1-2H3. The van der Waals surface area contributed by atoms with E-state index in [0.717, 1.165) is 24.3 Å². The molecule has 1 fully saturated rings. The van der Waals surface area contributed by atoms with Gasteiger partial charge in [0.25, 0.3) is 0 Å². The first kappa shape index (κ1) is 18.2. The number of halogens is 2. The van der Waals surface area contributed by atoms with Gasteiger partial charge in [0.05, 0.1) is 7.11 Å². The third kappa shape index (κ3) is 3.87. The number of benzene rings is 1. The van der Waals surface area contributed by atoms with Crippen molar-refractivity contribution in [1.82, 2.24) is 0 Å². The van der Waals surface area contributed by atoms with Crippen LogP contribution < -0.4 is 4.74 Å². The molecule has 0 aromatic heterocycles. The molecular weight excluding hydrogens is 294 g/mol. The normalized spacial score (nSPS) is 26.8. The highest BCUT2D eigenvalue weighted by Gasteiger charge is 2.31. The van der Waals surface area contributed by atoms with E-state index in [1.807, 2.05) is 13.8 Å². The number of methoxy groups -OCH3 is 1. The number of aryl methyl sites for hydroxylation is 1. The van der Waals surface area contributed by atoms with E-state index in [-0.39, 0.29) is 5.75 Å². The summed E-state index contributed by atoms with van der Waals surface area (Å²) in [5.41, 5.74) is 1.54. The minimum atomic E-state index is -0.825. The Morgan fingerprint density at radius 2 is 1.61 bits per heavy atom. The summed E-state index contributed by atoms with van der Waals surface area (Å²) in [5, 5.41) is 0. The van der Waals surface area contributed by atoms with Gasteiger partial charge in [-0.1, -0.05) is 33.6 Å². The van der Waals surface area contributed by atoms with Crippen LogP contribution in [0.2, 0.25) is 0 Å². The van der Waals surface area contributed by atoms with E-state index in [2.05, 4.69) is 6.92 Å². The molecular formula is C20H30F2O. The van der Waals surface area contributed by atoms with Crippen LogP contribution in [0.5, 0.6) is 5.75 Å². The van der Waals surface area contributed by atoms with Crippen LogP contribution in [-0.2, 0) is 12.8 Å². The molecule has 1 nitrogen and oxygen atoms in total. The lowest BCUT2D eigenvalue weighted by Gasteiger charge is -2.36. The molecule has 1 saturated carbocycles. The molecule has 0 spiro atoms. The zero-order chi connectivity index (χ0) is 17.0. The van der Waals surface area contributed by atoms with Gasteiger partial charge >= 0.3 is 0 Å². The van der Waals surface area contributed by atoms with Crippen molar-refractivity contribution < 1.29 is 13.5 Å². The highest BCUT2D eigenvalue weighted by Crippen LogP contribution is 2.41. The molecule has 0 heterocycles. The number of rotatable bonds is 2. The van der Waals surface area contributed by atoms with E-state index in [4.69, 9.17) is 4.74 Å². The summed E-state index contributed by atoms with van der Waals surface area (Å²) in [6, 6.07) is 1.69. The Balaban J connectivity index is 0.000000924. The van der Waals surface area contributed by atoms with Crippen molar-refractivity contribution in [2.45, 2.75) is 65.7 Å². The molecule has 2 aliphatic carbocycles. The highest BCUT2D eigenvalue weighted by atomic mass is 19.2. The van der Waals surface area contributed by atoms with Crippen LogP contribution in [0.25, 0.3) is 0 Å².